The van der Waals surface area contributed by atoms with Crippen LogP contribution in [0.5, 0.6) is 0 Å². The number of esters is 2. The summed E-state index contributed by atoms with van der Waals surface area (Å²) in [6, 6.07) is 71.9. The van der Waals surface area contributed by atoms with Gasteiger partial charge in [0.1, 0.15) is 29.8 Å². The zero-order chi connectivity index (χ0) is 52.6. The number of fused-ring (bicyclic) bond motifs is 3. The lowest BCUT2D eigenvalue weighted by atomic mass is 9.77. The highest BCUT2D eigenvalue weighted by atomic mass is 32.1. The second kappa shape index (κ2) is 25.9. The van der Waals surface area contributed by atoms with Crippen LogP contribution in [0.4, 0.5) is 4.79 Å². The first-order valence-electron chi connectivity index (χ1n) is 24.6. The third-order valence-corrected chi connectivity index (χ3v) is 13.3. The third kappa shape index (κ3) is 12.2. The fourth-order valence-electron chi connectivity index (χ4n) is 9.82. The Morgan fingerprint density at radius 3 is 1.09 bits per heavy atom. The smallest absolute Gasteiger partial charge is 0.407 e. The molecule has 0 aliphatic heterocycles. The van der Waals surface area contributed by atoms with Gasteiger partial charge in [0, 0.05) is 7.34 Å². The molecule has 0 radical (unpaired) electrons. The van der Waals surface area contributed by atoms with Gasteiger partial charge in [0.2, 0.25) is 11.8 Å². The zero-order valence-electron chi connectivity index (χ0n) is 42.1. The zero-order valence-corrected chi connectivity index (χ0v) is 43.1. The van der Waals surface area contributed by atoms with E-state index in [-0.39, 0.29) is 46.2 Å². The number of amides is 3. The first-order valence-corrected chi connectivity index (χ1v) is 24.6. The molecule has 0 bridgehead atoms. The summed E-state index contributed by atoms with van der Waals surface area (Å²) in [5, 5.41) is 8.96. The minimum absolute atomic E-state index is 0. The summed E-state index contributed by atoms with van der Waals surface area (Å²) in [5.41, 5.74) is 13.4. The lowest BCUT2D eigenvalue weighted by molar-refractivity contribution is -0.145. The van der Waals surface area contributed by atoms with Crippen molar-refractivity contribution < 1.29 is 39.6 Å². The van der Waals surface area contributed by atoms with Crippen molar-refractivity contribution in [3.8, 4) is 11.1 Å². The molecule has 0 aromatic heterocycles. The standard InChI is InChI=1S/C39H34N2O5.C24H24N2O3.H2S.H2/c1-45-37(43)35(40-38(44)46-26-34-32-23-13-11-21-30(32)31-22-12-14-24-33(31)34)25-36(42)41-39(27-15-5-2-6-16-27,28-17-7-3-8-18-28)29-19-9-4-10-20-29;1-29-23(28)21(25)17-22(27)26-24(18-11-5-2-6-12-18,19-13-7-3-8-14-19)20-15-9-4-10-16-20;;/h2-24,34-35H,25-26H2,1H3,(H,40,44)(H,41,42);2-16,21H,17,25H2,1H3,(H,26,27);1H2;1H/t35-;21-;;/m11../s1/i;;;1+2. The highest BCUT2D eigenvalue weighted by Crippen LogP contribution is 2.45. The van der Waals surface area contributed by atoms with Gasteiger partial charge in [-0.05, 0) is 55.6 Å². The maximum absolute atomic E-state index is 13.9. The van der Waals surface area contributed by atoms with Gasteiger partial charge in [0.25, 0.3) is 0 Å². The molecule has 12 nitrogen and oxygen atoms in total. The Morgan fingerprint density at radius 2 is 0.763 bits per heavy atom. The van der Waals surface area contributed by atoms with Crippen LogP contribution in [0.15, 0.2) is 231 Å². The lowest BCUT2D eigenvalue weighted by Gasteiger charge is -2.37. The van der Waals surface area contributed by atoms with E-state index in [0.717, 1.165) is 55.6 Å². The number of nitrogens with one attached hydrogen (secondary N) is 3. The fourth-order valence-corrected chi connectivity index (χ4v) is 9.82. The van der Waals surface area contributed by atoms with Crippen LogP contribution in [0.25, 0.3) is 11.1 Å². The number of rotatable bonds is 17. The number of carbonyl (C=O) groups excluding carboxylic acids is 5. The number of ether oxygens (including phenoxy) is 3. The molecule has 9 rings (SSSR count). The van der Waals surface area contributed by atoms with Crippen molar-refractivity contribution in [1.29, 1.82) is 0 Å². The number of benzene rings is 8. The van der Waals surface area contributed by atoms with Crippen molar-refractivity contribution in [2.24, 2.45) is 5.73 Å². The number of carbonyl (C=O) groups is 5. The molecule has 3 amide bonds. The second-order valence-corrected chi connectivity index (χ2v) is 17.9. The van der Waals surface area contributed by atoms with Crippen LogP contribution in [0, 0.1) is 0 Å². The molecular weight excluding hydrogens is 973 g/mol. The van der Waals surface area contributed by atoms with Crippen LogP contribution in [-0.4, -0.2) is 62.8 Å². The monoisotopic (exact) mass is 1040 g/mol. The van der Waals surface area contributed by atoms with Crippen molar-refractivity contribution in [2.45, 2.75) is 41.9 Å². The Hall–Kier alpha value is -8.78. The Labute approximate surface area is 451 Å². The second-order valence-electron chi connectivity index (χ2n) is 17.9. The van der Waals surface area contributed by atoms with Gasteiger partial charge in [-0.15, -0.1) is 0 Å². The fraction of sp³-hybridized carbons (Fsp3) is 0.159. The van der Waals surface area contributed by atoms with Crippen LogP contribution in [0.2, 0.25) is 0 Å². The largest absolute Gasteiger partial charge is 0.468 e. The molecular formula is C63H62N4O8S. The van der Waals surface area contributed by atoms with Gasteiger partial charge in [-0.3, -0.25) is 14.4 Å². The van der Waals surface area contributed by atoms with Gasteiger partial charge in [0.15, 0.2) is 0 Å². The van der Waals surface area contributed by atoms with Crippen molar-refractivity contribution in [3.63, 3.8) is 0 Å². The first kappa shape index (κ1) is 55.0. The van der Waals surface area contributed by atoms with E-state index in [2.05, 4.69) is 32.8 Å². The van der Waals surface area contributed by atoms with Crippen molar-refractivity contribution >= 4 is 43.3 Å². The normalized spacial score (nSPS) is 12.3. The average Bonchev–Trinajstić information content (AvgIpc) is 3.82. The predicted molar refractivity (Wildman–Crippen MR) is 300 cm³/mol. The SMILES string of the molecule is COC(=O)[C@@H](CC(=O)NC(c1ccccc1)(c1ccccc1)c1ccccc1)NC(=O)OCC1c2ccccc2-c2ccccc21.COC(=O)[C@H](N)CC(=O)NC(c1ccccc1)(c1ccccc1)c1ccccc1.S.[3HH]. The van der Waals surface area contributed by atoms with Gasteiger partial charge in [0.05, 0.1) is 27.1 Å². The van der Waals surface area contributed by atoms with E-state index in [0.29, 0.717) is 0 Å². The minimum Gasteiger partial charge on any atom is -0.468 e. The predicted octanol–water partition coefficient (Wildman–Crippen LogP) is 9.91. The number of methoxy groups -OCH3 is 2. The number of hydrogen-bond acceptors (Lipinski definition) is 9. The molecule has 0 unspecified atom stereocenters. The van der Waals surface area contributed by atoms with Crippen LogP contribution in [-0.2, 0) is 44.5 Å². The van der Waals surface area contributed by atoms with Crippen molar-refractivity contribution in [3.05, 3.63) is 275 Å². The molecule has 0 heterocycles. The topological polar surface area (TPSA) is 175 Å². The van der Waals surface area contributed by atoms with E-state index in [4.69, 9.17) is 15.2 Å². The molecule has 0 saturated carbocycles. The van der Waals surface area contributed by atoms with E-state index in [1.807, 2.05) is 218 Å². The van der Waals surface area contributed by atoms with E-state index < -0.39 is 47.1 Å². The summed E-state index contributed by atoms with van der Waals surface area (Å²) in [6.45, 7) is 0.0685. The summed E-state index contributed by atoms with van der Waals surface area (Å²) < 4.78 is 15.3. The summed E-state index contributed by atoms with van der Waals surface area (Å²) in [7, 11) is 2.47. The molecule has 2 atom stereocenters. The Balaban J connectivity index is 0.000000268. The van der Waals surface area contributed by atoms with E-state index in [9.17, 15) is 24.0 Å². The summed E-state index contributed by atoms with van der Waals surface area (Å²) >= 11 is 0. The quantitative estimate of drug-likeness (QED) is 0.0393. The number of alkyl carbamates (subject to hydrolysis) is 1. The lowest BCUT2D eigenvalue weighted by Crippen LogP contribution is -2.51. The molecule has 1 aliphatic carbocycles. The Bertz CT molecular complexity index is 2960. The highest BCUT2D eigenvalue weighted by molar-refractivity contribution is 7.59. The van der Waals surface area contributed by atoms with Gasteiger partial charge in [-0.2, -0.15) is 13.5 Å². The first-order chi connectivity index (χ1) is 36.6. The maximum Gasteiger partial charge on any atom is 0.407 e. The highest BCUT2D eigenvalue weighted by Gasteiger charge is 2.40. The molecule has 0 spiro atoms. The maximum atomic E-state index is 13.9. The molecule has 388 valence electrons. The van der Waals surface area contributed by atoms with Crippen LogP contribution in [0.3, 0.4) is 0 Å². The Kier molecular flexibility index (Phi) is 18.8. The molecule has 1 aliphatic rings. The molecule has 8 aromatic rings. The third-order valence-electron chi connectivity index (χ3n) is 13.3. The summed E-state index contributed by atoms with van der Waals surface area (Å²) in [6.07, 6.45) is -1.36. The van der Waals surface area contributed by atoms with Crippen molar-refractivity contribution in [1.82, 2.24) is 16.0 Å². The van der Waals surface area contributed by atoms with E-state index in [1.165, 1.54) is 14.2 Å². The van der Waals surface area contributed by atoms with Crippen LogP contribution >= 0.6 is 13.5 Å². The summed E-state index contributed by atoms with van der Waals surface area (Å²) in [5.74, 6) is -2.34. The molecule has 76 heavy (non-hydrogen) atoms. The van der Waals surface area contributed by atoms with Crippen LogP contribution in [0.1, 0.15) is 64.7 Å². The Morgan fingerprint density at radius 1 is 0.461 bits per heavy atom. The average molecular weight is 1040 g/mol. The van der Waals surface area contributed by atoms with Crippen LogP contribution < -0.4 is 21.7 Å². The summed E-state index contributed by atoms with van der Waals surface area (Å²) in [4.78, 5) is 64.6. The molecule has 13 heteroatoms. The van der Waals surface area contributed by atoms with Gasteiger partial charge in [-0.1, -0.05) is 231 Å². The number of nitrogens with two attached hydrogens (primary N) is 1. The molecule has 0 fully saturated rings. The van der Waals surface area contributed by atoms with E-state index >= 15 is 0 Å². The number of hydrogen-bond donors (Lipinski definition) is 4. The molecule has 0 saturated heterocycles. The van der Waals surface area contributed by atoms with Gasteiger partial charge >= 0.3 is 18.0 Å². The molecule has 5 N–H and O–H groups in total. The van der Waals surface area contributed by atoms with E-state index in [1.54, 1.807) is 0 Å². The van der Waals surface area contributed by atoms with Crippen molar-refractivity contribution in [2.75, 3.05) is 20.8 Å². The van der Waals surface area contributed by atoms with Gasteiger partial charge in [-0.25, -0.2) is 9.59 Å². The molecule has 8 aromatic carbocycles. The minimum atomic E-state index is -1.28. The van der Waals surface area contributed by atoms with Gasteiger partial charge < -0.3 is 35.9 Å².